The highest BCUT2D eigenvalue weighted by atomic mass is 16.3. The quantitative estimate of drug-likeness (QED) is 0.720. The second-order valence-electron chi connectivity index (χ2n) is 6.83. The molecule has 0 spiro atoms. The average Bonchev–Trinajstić information content (AvgIpc) is 2.62. The molecule has 3 atom stereocenters. The molecule has 0 heterocycles. The molecule has 4 aliphatic rings. The minimum absolute atomic E-state index is 0.225. The Morgan fingerprint density at radius 2 is 1.94 bits per heavy atom. The first kappa shape index (κ1) is 10.8. The van der Waals surface area contributed by atoms with Gasteiger partial charge in [0, 0.05) is 0 Å². The second-order valence-corrected chi connectivity index (χ2v) is 6.83. The smallest absolute Gasteiger partial charge is 0.0639 e. The molecule has 4 rings (SSSR count). The van der Waals surface area contributed by atoms with Gasteiger partial charge in [0.15, 0.2) is 0 Å². The molecule has 1 N–H and O–H groups in total. The number of aliphatic hydroxyl groups is 1. The third kappa shape index (κ3) is 1.06. The van der Waals surface area contributed by atoms with Crippen LogP contribution >= 0.6 is 0 Å². The van der Waals surface area contributed by atoms with Crippen LogP contribution in [0.4, 0.5) is 0 Å². The minimum Gasteiger partial charge on any atom is -0.392 e. The van der Waals surface area contributed by atoms with Crippen LogP contribution in [0, 0.1) is 28.6 Å². The predicted octanol–water partition coefficient (Wildman–Crippen LogP) is 3.39. The second kappa shape index (κ2) is 3.13. The van der Waals surface area contributed by atoms with E-state index >= 15 is 0 Å². The van der Waals surface area contributed by atoms with E-state index in [4.69, 9.17) is 5.11 Å². The molecule has 1 nitrogen and oxygen atoms in total. The van der Waals surface area contributed by atoms with E-state index in [1.165, 1.54) is 19.3 Å². The Hall–Kier alpha value is -0.300. The molecule has 0 unspecified atom stereocenters. The fourth-order valence-corrected chi connectivity index (χ4v) is 5.19. The van der Waals surface area contributed by atoms with Crippen molar-refractivity contribution in [2.75, 3.05) is 6.61 Å². The van der Waals surface area contributed by atoms with Gasteiger partial charge in [-0.05, 0) is 61.2 Å². The Morgan fingerprint density at radius 3 is 2.38 bits per heavy atom. The summed E-state index contributed by atoms with van der Waals surface area (Å²) < 4.78 is 0. The molecule has 1 heteroatoms. The van der Waals surface area contributed by atoms with E-state index in [2.05, 4.69) is 19.9 Å². The van der Waals surface area contributed by atoms with Crippen molar-refractivity contribution in [1.82, 2.24) is 0 Å². The van der Waals surface area contributed by atoms with Gasteiger partial charge in [-0.2, -0.15) is 0 Å². The van der Waals surface area contributed by atoms with Gasteiger partial charge in [0.25, 0.3) is 0 Å². The van der Waals surface area contributed by atoms with Crippen molar-refractivity contribution in [3.8, 4) is 0 Å². The average molecular weight is 220 g/mol. The lowest BCUT2D eigenvalue weighted by Gasteiger charge is -2.34. The number of hydrogen-bond donors (Lipinski definition) is 1. The molecule has 4 aliphatic carbocycles. The molecule has 4 saturated carbocycles. The molecule has 0 aromatic carbocycles. The van der Waals surface area contributed by atoms with Gasteiger partial charge in [-0.1, -0.05) is 25.5 Å². The van der Waals surface area contributed by atoms with Gasteiger partial charge in [-0.15, -0.1) is 0 Å². The van der Waals surface area contributed by atoms with Gasteiger partial charge in [0.1, 0.15) is 0 Å². The summed E-state index contributed by atoms with van der Waals surface area (Å²) in [6, 6.07) is 0. The van der Waals surface area contributed by atoms with Gasteiger partial charge < -0.3 is 5.11 Å². The molecule has 0 aliphatic heterocycles. The van der Waals surface area contributed by atoms with Gasteiger partial charge >= 0.3 is 0 Å². The van der Waals surface area contributed by atoms with Gasteiger partial charge in [-0.3, -0.25) is 0 Å². The maximum Gasteiger partial charge on any atom is 0.0639 e. The largest absolute Gasteiger partial charge is 0.392 e. The summed E-state index contributed by atoms with van der Waals surface area (Å²) in [7, 11) is 0. The van der Waals surface area contributed by atoms with Crippen LogP contribution in [-0.2, 0) is 0 Å². The first-order chi connectivity index (χ1) is 7.54. The molecule has 0 aromatic heterocycles. The molecule has 0 radical (unpaired) electrons. The van der Waals surface area contributed by atoms with Gasteiger partial charge in [-0.25, -0.2) is 0 Å². The predicted molar refractivity (Wildman–Crippen MR) is 66.0 cm³/mol. The van der Waals surface area contributed by atoms with Crippen LogP contribution in [0.3, 0.4) is 0 Å². The van der Waals surface area contributed by atoms with Crippen molar-refractivity contribution in [2.24, 2.45) is 28.6 Å². The highest BCUT2D eigenvalue weighted by Gasteiger charge is 2.80. The van der Waals surface area contributed by atoms with E-state index in [1.807, 2.05) is 6.92 Å². The fraction of sp³-hybridized carbons (Fsp3) is 0.867. The van der Waals surface area contributed by atoms with Crippen LogP contribution in [0.1, 0.15) is 46.5 Å². The topological polar surface area (TPSA) is 20.2 Å². The van der Waals surface area contributed by atoms with Crippen molar-refractivity contribution >= 4 is 0 Å². The zero-order chi connectivity index (χ0) is 11.6. The van der Waals surface area contributed by atoms with Crippen molar-refractivity contribution in [2.45, 2.75) is 46.5 Å². The van der Waals surface area contributed by atoms with Crippen molar-refractivity contribution in [3.05, 3.63) is 11.6 Å². The number of aliphatic hydroxyl groups excluding tert-OH is 1. The lowest BCUT2D eigenvalue weighted by molar-refractivity contribution is 0.154. The molecule has 0 amide bonds. The number of rotatable bonds is 4. The summed E-state index contributed by atoms with van der Waals surface area (Å²) in [5, 5.41) is 8.99. The van der Waals surface area contributed by atoms with Gasteiger partial charge in [0.2, 0.25) is 0 Å². The SMILES string of the molecule is C/C(=C/CC[C@@]1(C)C2C[C@H]3[C@H](C2)C31C)CO. The molecular weight excluding hydrogens is 196 g/mol. The molecule has 4 bridgehead atoms. The maximum atomic E-state index is 8.99. The molecular formula is C15H24O. The molecule has 4 fully saturated rings. The lowest BCUT2D eigenvalue weighted by Crippen LogP contribution is -2.26. The monoisotopic (exact) mass is 220 g/mol. The maximum absolute atomic E-state index is 8.99. The summed E-state index contributed by atoms with van der Waals surface area (Å²) in [6.07, 6.45) is 7.76. The Bertz CT molecular complexity index is 331. The Morgan fingerprint density at radius 1 is 1.31 bits per heavy atom. The molecule has 16 heavy (non-hydrogen) atoms. The van der Waals surface area contributed by atoms with Crippen LogP contribution in [-0.4, -0.2) is 11.7 Å². The Labute approximate surface area is 98.9 Å². The van der Waals surface area contributed by atoms with E-state index in [-0.39, 0.29) is 6.61 Å². The van der Waals surface area contributed by atoms with E-state index < -0.39 is 0 Å². The Balaban J connectivity index is 1.68. The summed E-state index contributed by atoms with van der Waals surface area (Å²) in [5.74, 6) is 3.16. The zero-order valence-electron chi connectivity index (χ0n) is 10.8. The number of allylic oxidation sites excluding steroid dienone is 1. The van der Waals surface area contributed by atoms with E-state index in [0.717, 1.165) is 29.7 Å². The van der Waals surface area contributed by atoms with Crippen LogP contribution < -0.4 is 0 Å². The zero-order valence-corrected chi connectivity index (χ0v) is 10.8. The highest BCUT2D eigenvalue weighted by molar-refractivity contribution is 5.29. The third-order valence-electron chi connectivity index (χ3n) is 6.53. The van der Waals surface area contributed by atoms with Crippen molar-refractivity contribution < 1.29 is 5.11 Å². The molecule has 90 valence electrons. The summed E-state index contributed by atoms with van der Waals surface area (Å²) in [6.45, 7) is 7.33. The van der Waals surface area contributed by atoms with Crippen LogP contribution in [0.5, 0.6) is 0 Å². The summed E-state index contributed by atoms with van der Waals surface area (Å²) in [4.78, 5) is 0. The van der Waals surface area contributed by atoms with E-state index in [1.54, 1.807) is 0 Å². The van der Waals surface area contributed by atoms with Crippen molar-refractivity contribution in [3.63, 3.8) is 0 Å². The molecule has 0 aromatic rings. The van der Waals surface area contributed by atoms with Gasteiger partial charge in [0.05, 0.1) is 6.61 Å². The minimum atomic E-state index is 0.225. The summed E-state index contributed by atoms with van der Waals surface area (Å²) >= 11 is 0. The van der Waals surface area contributed by atoms with E-state index in [0.29, 0.717) is 10.8 Å². The van der Waals surface area contributed by atoms with Crippen LogP contribution in [0.25, 0.3) is 0 Å². The first-order valence-electron chi connectivity index (χ1n) is 6.80. The van der Waals surface area contributed by atoms with Crippen LogP contribution in [0.2, 0.25) is 0 Å². The highest BCUT2D eigenvalue weighted by Crippen LogP contribution is 2.87. The molecule has 0 saturated heterocycles. The normalized spacial score (nSPS) is 53.5. The standard InChI is InChI=1S/C15H24O/c1-10(9-16)5-4-6-14(2)11-7-12-13(8-11)15(12,14)3/h5,11-13,16H,4,6-9H2,1-3H3/b10-5-/t11?,12-,13-,14-,15?/m0/s1. The third-order valence-corrected chi connectivity index (χ3v) is 6.53. The lowest BCUT2D eigenvalue weighted by atomic mass is 9.71. The number of hydrogen-bond acceptors (Lipinski definition) is 1. The Kier molecular flexibility index (Phi) is 2.12. The fourth-order valence-electron chi connectivity index (χ4n) is 5.19. The summed E-state index contributed by atoms with van der Waals surface area (Å²) in [5.41, 5.74) is 2.43. The first-order valence-corrected chi connectivity index (χ1v) is 6.80. The van der Waals surface area contributed by atoms with Crippen molar-refractivity contribution in [1.29, 1.82) is 0 Å². The van der Waals surface area contributed by atoms with E-state index in [9.17, 15) is 0 Å². The van der Waals surface area contributed by atoms with Crippen LogP contribution in [0.15, 0.2) is 11.6 Å².